The molecule has 0 saturated carbocycles. The largest absolute Gasteiger partial charge is 0.497 e. The van der Waals surface area contributed by atoms with Crippen LogP contribution in [0.25, 0.3) is 0 Å². The Morgan fingerprint density at radius 2 is 1.87 bits per heavy atom. The minimum absolute atomic E-state index is 0.0593. The van der Waals surface area contributed by atoms with Crippen molar-refractivity contribution in [1.82, 2.24) is 9.88 Å². The van der Waals surface area contributed by atoms with E-state index in [1.54, 1.807) is 26.5 Å². The summed E-state index contributed by atoms with van der Waals surface area (Å²) in [4.78, 5) is 6.93. The van der Waals surface area contributed by atoms with E-state index in [0.29, 0.717) is 33.6 Å². The molecule has 1 heterocycles. The van der Waals surface area contributed by atoms with Crippen LogP contribution in [0.4, 0.5) is 15.2 Å². The van der Waals surface area contributed by atoms with Gasteiger partial charge in [-0.05, 0) is 55.9 Å². The van der Waals surface area contributed by atoms with E-state index in [9.17, 15) is 0 Å². The molecule has 1 unspecified atom stereocenters. The predicted octanol–water partition coefficient (Wildman–Crippen LogP) is 7.38. The fourth-order valence-electron chi connectivity index (χ4n) is 3.92. The minimum Gasteiger partial charge on any atom is -0.497 e. The number of thiazole rings is 1. The summed E-state index contributed by atoms with van der Waals surface area (Å²) < 4.78 is 28.3. The number of anilines is 2. The molecule has 0 aliphatic rings. The summed E-state index contributed by atoms with van der Waals surface area (Å²) in [6.45, 7) is 1.15. The van der Waals surface area contributed by atoms with Crippen molar-refractivity contribution >= 4 is 45.7 Å². The van der Waals surface area contributed by atoms with Crippen molar-refractivity contribution in [3.05, 3.63) is 94.2 Å². The van der Waals surface area contributed by atoms with Gasteiger partial charge in [-0.1, -0.05) is 41.9 Å². The van der Waals surface area contributed by atoms with E-state index in [4.69, 9.17) is 21.1 Å². The highest BCUT2D eigenvalue weighted by molar-refractivity contribution is 8.00. The van der Waals surface area contributed by atoms with Gasteiger partial charge >= 0.3 is 0 Å². The molecule has 0 fully saturated rings. The molecule has 0 radical (unpaired) electrons. The molecular weight excluding hydrogens is 543 g/mol. The van der Waals surface area contributed by atoms with Crippen molar-refractivity contribution in [2.45, 2.75) is 17.5 Å². The average molecular weight is 573 g/mol. The predicted molar refractivity (Wildman–Crippen MR) is 156 cm³/mol. The highest BCUT2D eigenvalue weighted by Gasteiger charge is 2.20. The third kappa shape index (κ3) is 7.11. The summed E-state index contributed by atoms with van der Waals surface area (Å²) >= 11 is 9.41. The first-order valence-corrected chi connectivity index (χ1v) is 13.9. The molecule has 38 heavy (non-hydrogen) atoms. The molecule has 1 aromatic heterocycles. The van der Waals surface area contributed by atoms with Crippen LogP contribution in [0.1, 0.15) is 17.2 Å². The number of aromatic nitrogens is 1. The van der Waals surface area contributed by atoms with Gasteiger partial charge in [-0.25, -0.2) is 9.37 Å². The van der Waals surface area contributed by atoms with Crippen LogP contribution in [0, 0.1) is 5.82 Å². The number of benzene rings is 3. The number of ether oxygens (including phenoxy) is 2. The topological polar surface area (TPSA) is 49.9 Å². The maximum Gasteiger partial charge on any atom is 0.195 e. The van der Waals surface area contributed by atoms with Crippen LogP contribution in [-0.4, -0.2) is 44.7 Å². The lowest BCUT2D eigenvalue weighted by atomic mass is 10.1. The Morgan fingerprint density at radius 3 is 2.53 bits per heavy atom. The van der Waals surface area contributed by atoms with Crippen LogP contribution in [0.5, 0.6) is 11.5 Å². The van der Waals surface area contributed by atoms with Crippen molar-refractivity contribution in [2.24, 2.45) is 0 Å². The van der Waals surface area contributed by atoms with Crippen LogP contribution in [0.2, 0.25) is 5.02 Å². The minimum atomic E-state index is -0.373. The van der Waals surface area contributed by atoms with Gasteiger partial charge in [0, 0.05) is 29.8 Å². The van der Waals surface area contributed by atoms with Gasteiger partial charge in [0.2, 0.25) is 0 Å². The van der Waals surface area contributed by atoms with Gasteiger partial charge in [-0.15, -0.1) is 11.3 Å². The summed E-state index contributed by atoms with van der Waals surface area (Å²) in [7, 11) is 7.23. The smallest absolute Gasteiger partial charge is 0.195 e. The van der Waals surface area contributed by atoms with E-state index < -0.39 is 0 Å². The summed E-state index contributed by atoms with van der Waals surface area (Å²) in [5.41, 5.74) is 2.55. The zero-order valence-electron chi connectivity index (χ0n) is 21.7. The summed E-state index contributed by atoms with van der Waals surface area (Å²) in [6.07, 6.45) is 1.73. The van der Waals surface area contributed by atoms with E-state index in [1.165, 1.54) is 29.4 Å². The van der Waals surface area contributed by atoms with Crippen LogP contribution in [-0.2, 0) is 6.54 Å². The lowest BCUT2D eigenvalue weighted by Gasteiger charge is -2.25. The lowest BCUT2D eigenvalue weighted by Crippen LogP contribution is -2.25. The Kier molecular flexibility index (Phi) is 9.74. The SMILES string of the molecule is COc1ccc(CN(Sc2cc(Cl)c(NC(CN(C)C)c3ccccc3)cc2F)c2nccs2)c(OC)c1. The molecule has 4 aromatic rings. The number of hydrogen-bond acceptors (Lipinski definition) is 8. The Labute approximate surface area is 236 Å². The van der Waals surface area contributed by atoms with Gasteiger partial charge in [0.25, 0.3) is 0 Å². The molecule has 10 heteroatoms. The van der Waals surface area contributed by atoms with Crippen molar-refractivity contribution in [3.8, 4) is 11.5 Å². The molecule has 4 rings (SSSR count). The van der Waals surface area contributed by atoms with E-state index in [0.717, 1.165) is 22.8 Å². The highest BCUT2D eigenvalue weighted by atomic mass is 35.5. The molecule has 1 atom stereocenters. The molecule has 0 amide bonds. The fourth-order valence-corrected chi connectivity index (χ4v) is 5.87. The third-order valence-electron chi connectivity index (χ3n) is 5.75. The molecule has 200 valence electrons. The summed E-state index contributed by atoms with van der Waals surface area (Å²) in [5, 5.41) is 6.50. The van der Waals surface area contributed by atoms with E-state index >= 15 is 4.39 Å². The van der Waals surface area contributed by atoms with Crippen molar-refractivity contribution < 1.29 is 13.9 Å². The first kappa shape index (κ1) is 28.0. The van der Waals surface area contributed by atoms with Gasteiger partial charge in [0.05, 0.1) is 42.4 Å². The van der Waals surface area contributed by atoms with Gasteiger partial charge in [-0.3, -0.25) is 4.31 Å². The number of nitrogens with zero attached hydrogens (tertiary/aromatic N) is 3. The van der Waals surface area contributed by atoms with E-state index in [2.05, 4.69) is 27.3 Å². The van der Waals surface area contributed by atoms with Crippen LogP contribution < -0.4 is 19.1 Å². The Hall–Kier alpha value is -2.98. The number of methoxy groups -OCH3 is 2. The van der Waals surface area contributed by atoms with Gasteiger partial charge in [0.1, 0.15) is 17.3 Å². The molecule has 6 nitrogen and oxygen atoms in total. The maximum atomic E-state index is 15.5. The average Bonchev–Trinajstić information content (AvgIpc) is 3.46. The van der Waals surface area contributed by atoms with Gasteiger partial charge in [0.15, 0.2) is 5.13 Å². The van der Waals surface area contributed by atoms with Gasteiger partial charge < -0.3 is 19.7 Å². The number of likely N-dealkylation sites (N-methyl/N-ethyl adjacent to an activating group) is 1. The second-order valence-corrected chi connectivity index (χ2v) is 11.1. The van der Waals surface area contributed by atoms with E-state index in [-0.39, 0.29) is 11.9 Å². The first-order valence-electron chi connectivity index (χ1n) is 11.9. The summed E-state index contributed by atoms with van der Waals surface area (Å²) in [6, 6.07) is 18.8. The molecular formula is C28H30ClFN4O2S2. The van der Waals surface area contributed by atoms with Crippen LogP contribution in [0.15, 0.2) is 77.1 Å². The molecule has 0 spiro atoms. The molecule has 0 bridgehead atoms. The lowest BCUT2D eigenvalue weighted by molar-refractivity contribution is 0.387. The van der Waals surface area contributed by atoms with Crippen molar-refractivity contribution in [3.63, 3.8) is 0 Å². The molecule has 1 N–H and O–H groups in total. The number of halogens is 2. The quantitative estimate of drug-likeness (QED) is 0.178. The Balaban J connectivity index is 1.59. The van der Waals surface area contributed by atoms with Gasteiger partial charge in [-0.2, -0.15) is 0 Å². The zero-order chi connectivity index (χ0) is 27.1. The summed E-state index contributed by atoms with van der Waals surface area (Å²) in [5.74, 6) is 1.00. The normalized spacial score (nSPS) is 11.9. The molecule has 0 aliphatic heterocycles. The van der Waals surface area contributed by atoms with E-state index in [1.807, 2.05) is 60.2 Å². The first-order chi connectivity index (χ1) is 18.4. The molecule has 3 aromatic carbocycles. The number of nitrogens with one attached hydrogen (secondary N) is 1. The standard InChI is InChI=1S/C28H30ClFN4O2S2/c1-33(2)18-25(19-8-6-5-7-9-19)32-24-16-23(30)27(15-22(24)29)38-34(28-31-12-13-37-28)17-20-10-11-21(35-3)14-26(20)36-4/h5-16,25,32H,17-18H2,1-4H3. The highest BCUT2D eigenvalue weighted by Crippen LogP contribution is 2.39. The van der Waals surface area contributed by atoms with Crippen LogP contribution >= 0.6 is 34.9 Å². The maximum absolute atomic E-state index is 15.5. The molecule has 0 saturated heterocycles. The number of rotatable bonds is 12. The third-order valence-corrected chi connectivity index (χ3v) is 8.01. The number of hydrogen-bond donors (Lipinski definition) is 1. The monoisotopic (exact) mass is 572 g/mol. The van der Waals surface area contributed by atoms with Crippen molar-refractivity contribution in [2.75, 3.05) is 44.5 Å². The fraction of sp³-hybridized carbons (Fsp3) is 0.250. The zero-order valence-corrected chi connectivity index (χ0v) is 24.0. The Morgan fingerprint density at radius 1 is 1.08 bits per heavy atom. The second kappa shape index (κ2) is 13.2. The van der Waals surface area contributed by atoms with Crippen molar-refractivity contribution in [1.29, 1.82) is 0 Å². The Bertz CT molecular complexity index is 1330. The molecule has 0 aliphatic carbocycles. The van der Waals surface area contributed by atoms with Crippen LogP contribution in [0.3, 0.4) is 0 Å². The second-order valence-electron chi connectivity index (χ2n) is 8.75.